The standard InChI is InChI=1S/C13H26N2O3.ClH/c1-4-5-11(14)12(16)15-9-10(2)8-13(3)17-6-7-18-13;/h10-11H,4-9,14H2,1-3H3,(H,15,16);1H. The van der Waals surface area contributed by atoms with E-state index in [4.69, 9.17) is 15.2 Å². The molecular weight excluding hydrogens is 268 g/mol. The fourth-order valence-electron chi connectivity index (χ4n) is 2.23. The maximum Gasteiger partial charge on any atom is 0.236 e. The fourth-order valence-corrected chi connectivity index (χ4v) is 2.23. The molecule has 1 rings (SSSR count). The average molecular weight is 295 g/mol. The molecule has 1 fully saturated rings. The van der Waals surface area contributed by atoms with E-state index in [1.54, 1.807) is 0 Å². The van der Waals surface area contributed by atoms with E-state index in [0.717, 1.165) is 19.3 Å². The first-order valence-electron chi connectivity index (χ1n) is 6.78. The molecule has 0 radical (unpaired) electrons. The van der Waals surface area contributed by atoms with Crippen LogP contribution < -0.4 is 11.1 Å². The molecule has 2 atom stereocenters. The molecular formula is C13H27ClN2O3. The van der Waals surface area contributed by atoms with Crippen molar-refractivity contribution in [1.29, 1.82) is 0 Å². The molecule has 0 aliphatic carbocycles. The van der Waals surface area contributed by atoms with Gasteiger partial charge in [-0.3, -0.25) is 4.79 Å². The Balaban J connectivity index is 0.00000324. The minimum Gasteiger partial charge on any atom is -0.354 e. The minimum atomic E-state index is -0.490. The molecule has 1 saturated heterocycles. The van der Waals surface area contributed by atoms with Crippen molar-refractivity contribution in [1.82, 2.24) is 5.32 Å². The number of carbonyl (C=O) groups is 1. The van der Waals surface area contributed by atoms with Crippen molar-refractivity contribution in [3.8, 4) is 0 Å². The Bertz CT molecular complexity index is 271. The van der Waals surface area contributed by atoms with Gasteiger partial charge in [-0.1, -0.05) is 20.3 Å². The van der Waals surface area contributed by atoms with E-state index in [0.29, 0.717) is 25.7 Å². The number of halogens is 1. The molecule has 19 heavy (non-hydrogen) atoms. The van der Waals surface area contributed by atoms with Gasteiger partial charge in [-0.25, -0.2) is 0 Å². The molecule has 0 bridgehead atoms. The van der Waals surface area contributed by atoms with Crippen LogP contribution in [-0.4, -0.2) is 37.5 Å². The van der Waals surface area contributed by atoms with E-state index >= 15 is 0 Å². The van der Waals surface area contributed by atoms with Crippen LogP contribution in [0.3, 0.4) is 0 Å². The van der Waals surface area contributed by atoms with Gasteiger partial charge in [-0.05, 0) is 19.3 Å². The second kappa shape index (κ2) is 8.74. The molecule has 0 aromatic heterocycles. The lowest BCUT2D eigenvalue weighted by molar-refractivity contribution is -0.154. The first-order chi connectivity index (χ1) is 8.47. The quantitative estimate of drug-likeness (QED) is 0.745. The molecule has 1 aliphatic heterocycles. The predicted molar refractivity (Wildman–Crippen MR) is 77.2 cm³/mol. The SMILES string of the molecule is CCCC(N)C(=O)NCC(C)CC1(C)OCCO1.Cl. The molecule has 2 unspecified atom stereocenters. The van der Waals surface area contributed by atoms with E-state index in [1.165, 1.54) is 0 Å². The zero-order valence-corrected chi connectivity index (χ0v) is 12.9. The molecule has 3 N–H and O–H groups in total. The summed E-state index contributed by atoms with van der Waals surface area (Å²) in [6.45, 7) is 7.95. The molecule has 1 heterocycles. The Hall–Kier alpha value is -0.360. The topological polar surface area (TPSA) is 73.6 Å². The number of ether oxygens (including phenoxy) is 2. The fraction of sp³-hybridized carbons (Fsp3) is 0.923. The maximum atomic E-state index is 11.7. The van der Waals surface area contributed by atoms with Gasteiger partial charge in [0, 0.05) is 13.0 Å². The second-order valence-electron chi connectivity index (χ2n) is 5.28. The monoisotopic (exact) mass is 294 g/mol. The summed E-state index contributed by atoms with van der Waals surface area (Å²) in [6.07, 6.45) is 2.42. The third kappa shape index (κ3) is 6.56. The normalized spacial score (nSPS) is 20.4. The summed E-state index contributed by atoms with van der Waals surface area (Å²) in [6, 6.07) is -0.392. The zero-order chi connectivity index (χ0) is 13.6. The highest BCUT2D eigenvalue weighted by Gasteiger charge is 2.32. The molecule has 0 spiro atoms. The average Bonchev–Trinajstić information content (AvgIpc) is 2.72. The van der Waals surface area contributed by atoms with Crippen LogP contribution in [0.1, 0.15) is 40.0 Å². The van der Waals surface area contributed by atoms with Crippen molar-refractivity contribution in [3.05, 3.63) is 0 Å². The van der Waals surface area contributed by atoms with Crippen molar-refractivity contribution in [2.24, 2.45) is 11.7 Å². The zero-order valence-electron chi connectivity index (χ0n) is 12.1. The molecule has 114 valence electrons. The molecule has 1 aliphatic rings. The number of hydrogen-bond donors (Lipinski definition) is 2. The Labute approximate surface area is 122 Å². The number of rotatable bonds is 7. The first-order valence-corrected chi connectivity index (χ1v) is 6.78. The van der Waals surface area contributed by atoms with Crippen LogP contribution in [-0.2, 0) is 14.3 Å². The van der Waals surface area contributed by atoms with Crippen molar-refractivity contribution >= 4 is 18.3 Å². The van der Waals surface area contributed by atoms with Crippen molar-refractivity contribution in [2.45, 2.75) is 51.9 Å². The summed E-state index contributed by atoms with van der Waals surface area (Å²) in [5.41, 5.74) is 5.74. The molecule has 1 amide bonds. The van der Waals surface area contributed by atoms with Gasteiger partial charge in [0.1, 0.15) is 0 Å². The van der Waals surface area contributed by atoms with Crippen LogP contribution >= 0.6 is 12.4 Å². The van der Waals surface area contributed by atoms with Crippen LogP contribution in [0.4, 0.5) is 0 Å². The van der Waals surface area contributed by atoms with E-state index < -0.39 is 11.8 Å². The first kappa shape index (κ1) is 18.6. The number of hydrogen-bond acceptors (Lipinski definition) is 4. The highest BCUT2D eigenvalue weighted by Crippen LogP contribution is 2.26. The highest BCUT2D eigenvalue weighted by molar-refractivity contribution is 5.85. The number of nitrogens with two attached hydrogens (primary N) is 1. The van der Waals surface area contributed by atoms with Gasteiger partial charge in [0.15, 0.2) is 5.79 Å². The van der Waals surface area contributed by atoms with Gasteiger partial charge in [-0.2, -0.15) is 0 Å². The van der Waals surface area contributed by atoms with Gasteiger partial charge in [0.2, 0.25) is 5.91 Å². The number of carbonyl (C=O) groups excluding carboxylic acids is 1. The maximum absolute atomic E-state index is 11.7. The Kier molecular flexibility index (Phi) is 8.57. The van der Waals surface area contributed by atoms with E-state index in [-0.39, 0.29) is 18.3 Å². The molecule has 6 heteroatoms. The van der Waals surface area contributed by atoms with Gasteiger partial charge >= 0.3 is 0 Å². The van der Waals surface area contributed by atoms with E-state index in [2.05, 4.69) is 12.2 Å². The van der Waals surface area contributed by atoms with Crippen molar-refractivity contribution in [3.63, 3.8) is 0 Å². The lowest BCUT2D eigenvalue weighted by atomic mass is 10.0. The molecule has 5 nitrogen and oxygen atoms in total. The number of nitrogens with one attached hydrogen (secondary N) is 1. The van der Waals surface area contributed by atoms with Crippen LogP contribution in [0, 0.1) is 5.92 Å². The van der Waals surface area contributed by atoms with Gasteiger partial charge in [0.05, 0.1) is 19.3 Å². The Morgan fingerprint density at radius 3 is 2.53 bits per heavy atom. The number of amides is 1. The van der Waals surface area contributed by atoms with Gasteiger partial charge < -0.3 is 20.5 Å². The smallest absolute Gasteiger partial charge is 0.236 e. The second-order valence-corrected chi connectivity index (χ2v) is 5.28. The van der Waals surface area contributed by atoms with E-state index in [9.17, 15) is 4.79 Å². The van der Waals surface area contributed by atoms with Crippen molar-refractivity contribution in [2.75, 3.05) is 19.8 Å². The largest absolute Gasteiger partial charge is 0.354 e. The van der Waals surface area contributed by atoms with Crippen LogP contribution in [0.25, 0.3) is 0 Å². The third-order valence-electron chi connectivity index (χ3n) is 3.18. The Morgan fingerprint density at radius 1 is 1.42 bits per heavy atom. The third-order valence-corrected chi connectivity index (χ3v) is 3.18. The lowest BCUT2D eigenvalue weighted by Crippen LogP contribution is -2.43. The van der Waals surface area contributed by atoms with Crippen molar-refractivity contribution < 1.29 is 14.3 Å². The van der Waals surface area contributed by atoms with Crippen LogP contribution in [0.15, 0.2) is 0 Å². The summed E-state index contributed by atoms with van der Waals surface area (Å²) >= 11 is 0. The summed E-state index contributed by atoms with van der Waals surface area (Å²) in [4.78, 5) is 11.7. The van der Waals surface area contributed by atoms with Gasteiger partial charge in [0.25, 0.3) is 0 Å². The molecule has 0 saturated carbocycles. The minimum absolute atomic E-state index is 0. The van der Waals surface area contributed by atoms with Crippen LogP contribution in [0.5, 0.6) is 0 Å². The predicted octanol–water partition coefficient (Wildman–Crippen LogP) is 1.44. The Morgan fingerprint density at radius 2 is 2.00 bits per heavy atom. The molecule has 0 aromatic carbocycles. The lowest BCUT2D eigenvalue weighted by Gasteiger charge is -2.26. The summed E-state index contributed by atoms with van der Waals surface area (Å²) in [7, 11) is 0. The molecule has 0 aromatic rings. The van der Waals surface area contributed by atoms with Gasteiger partial charge in [-0.15, -0.1) is 12.4 Å². The van der Waals surface area contributed by atoms with E-state index in [1.807, 2.05) is 13.8 Å². The summed E-state index contributed by atoms with van der Waals surface area (Å²) < 4.78 is 11.1. The highest BCUT2D eigenvalue weighted by atomic mass is 35.5. The summed E-state index contributed by atoms with van der Waals surface area (Å²) in [5.74, 6) is -0.261. The summed E-state index contributed by atoms with van der Waals surface area (Å²) in [5, 5.41) is 2.88. The van der Waals surface area contributed by atoms with Crippen LogP contribution in [0.2, 0.25) is 0 Å².